The second-order valence-corrected chi connectivity index (χ2v) is 10.0. The van der Waals surface area contributed by atoms with Crippen LogP contribution >= 0.6 is 11.3 Å². The number of anilines is 3. The molecule has 0 aliphatic carbocycles. The molecular formula is C24H31N9OS. The maximum atomic E-state index is 13.4. The predicted molar refractivity (Wildman–Crippen MR) is 138 cm³/mol. The van der Waals surface area contributed by atoms with Crippen molar-refractivity contribution in [3.63, 3.8) is 0 Å². The molecule has 1 saturated heterocycles. The van der Waals surface area contributed by atoms with Crippen molar-refractivity contribution in [3.05, 3.63) is 41.4 Å². The van der Waals surface area contributed by atoms with Crippen LogP contribution in [0.1, 0.15) is 55.8 Å². The van der Waals surface area contributed by atoms with Crippen LogP contribution < -0.4 is 10.6 Å². The van der Waals surface area contributed by atoms with Crippen molar-refractivity contribution in [2.24, 2.45) is 7.05 Å². The van der Waals surface area contributed by atoms with Crippen LogP contribution in [0.3, 0.4) is 0 Å². The van der Waals surface area contributed by atoms with Gasteiger partial charge in [0.05, 0.1) is 10.2 Å². The Balaban J connectivity index is 1.38. The van der Waals surface area contributed by atoms with E-state index in [9.17, 15) is 4.79 Å². The van der Waals surface area contributed by atoms with Gasteiger partial charge >= 0.3 is 0 Å². The van der Waals surface area contributed by atoms with Crippen molar-refractivity contribution < 1.29 is 4.79 Å². The lowest BCUT2D eigenvalue weighted by atomic mass is 9.88. The second-order valence-electron chi connectivity index (χ2n) is 9.10. The Morgan fingerprint density at radius 1 is 1.23 bits per heavy atom. The number of hydrogen-bond donors (Lipinski definition) is 3. The first-order chi connectivity index (χ1) is 17.0. The molecule has 0 saturated carbocycles. The van der Waals surface area contributed by atoms with Crippen LogP contribution in [0, 0.1) is 6.92 Å². The summed E-state index contributed by atoms with van der Waals surface area (Å²) in [6.07, 6.45) is 6.90. The Hall–Kier alpha value is -3.47. The number of amides is 1. The van der Waals surface area contributed by atoms with E-state index in [1.165, 1.54) is 0 Å². The summed E-state index contributed by atoms with van der Waals surface area (Å²) in [5.41, 5.74) is 1.87. The van der Waals surface area contributed by atoms with E-state index < -0.39 is 0 Å². The summed E-state index contributed by atoms with van der Waals surface area (Å²) >= 11 is 1.60. The van der Waals surface area contributed by atoms with Crippen molar-refractivity contribution in [1.82, 2.24) is 34.6 Å². The molecule has 2 unspecified atom stereocenters. The summed E-state index contributed by atoms with van der Waals surface area (Å²) in [5, 5.41) is 16.2. The average Bonchev–Trinajstić information content (AvgIpc) is 3.59. The minimum atomic E-state index is 0.00590. The third-order valence-electron chi connectivity index (χ3n) is 6.68. The monoisotopic (exact) mass is 493 g/mol. The lowest BCUT2D eigenvalue weighted by molar-refractivity contribution is 0.0396. The van der Waals surface area contributed by atoms with E-state index in [2.05, 4.69) is 44.6 Å². The van der Waals surface area contributed by atoms with Crippen molar-refractivity contribution >= 4 is 45.0 Å². The summed E-state index contributed by atoms with van der Waals surface area (Å²) < 4.78 is 2.79. The fraction of sp³-hybridized carbons (Fsp3) is 0.458. The van der Waals surface area contributed by atoms with E-state index in [4.69, 9.17) is 9.97 Å². The quantitative estimate of drug-likeness (QED) is 0.348. The van der Waals surface area contributed by atoms with Crippen LogP contribution in [0.25, 0.3) is 10.2 Å². The smallest absolute Gasteiger partial charge is 0.290 e. The average molecular weight is 494 g/mol. The number of thiophene rings is 1. The molecule has 1 aliphatic heterocycles. The molecule has 11 heteroatoms. The number of carbonyl (C=O) groups excluding carboxylic acids is 1. The van der Waals surface area contributed by atoms with Gasteiger partial charge in [0.15, 0.2) is 17.5 Å². The summed E-state index contributed by atoms with van der Waals surface area (Å²) in [6, 6.07) is 4.34. The zero-order valence-corrected chi connectivity index (χ0v) is 21.3. The molecule has 0 radical (unpaired) electrons. The van der Waals surface area contributed by atoms with E-state index in [-0.39, 0.29) is 24.0 Å². The fourth-order valence-corrected chi connectivity index (χ4v) is 5.72. The lowest BCUT2D eigenvalue weighted by Gasteiger charge is -2.45. The Labute approximate surface area is 208 Å². The molecule has 4 aromatic heterocycles. The van der Waals surface area contributed by atoms with Gasteiger partial charge in [-0.1, -0.05) is 13.8 Å². The SMILES string of the molecule is CCC1CC(Nc2nc(Nc3cc(C)[nH]n3)c3sccc3n2)CC(CC)N1C(=O)c1nccn1C. The van der Waals surface area contributed by atoms with E-state index in [0.717, 1.165) is 53.2 Å². The number of nitrogens with zero attached hydrogens (tertiary/aromatic N) is 6. The Morgan fingerprint density at radius 3 is 2.63 bits per heavy atom. The topological polar surface area (TPSA) is 117 Å². The number of piperidine rings is 1. The van der Waals surface area contributed by atoms with E-state index in [0.29, 0.717) is 11.8 Å². The highest BCUT2D eigenvalue weighted by Gasteiger charge is 2.38. The number of carbonyl (C=O) groups is 1. The normalized spacial score (nSPS) is 20.3. The summed E-state index contributed by atoms with van der Waals surface area (Å²) in [5.74, 6) is 2.54. The van der Waals surface area contributed by atoms with Gasteiger partial charge in [0.2, 0.25) is 5.95 Å². The van der Waals surface area contributed by atoms with Gasteiger partial charge in [-0.2, -0.15) is 10.1 Å². The predicted octanol–water partition coefficient (Wildman–Crippen LogP) is 4.47. The molecule has 1 fully saturated rings. The largest absolute Gasteiger partial charge is 0.351 e. The molecule has 10 nitrogen and oxygen atoms in total. The number of hydrogen-bond acceptors (Lipinski definition) is 8. The summed E-state index contributed by atoms with van der Waals surface area (Å²) in [7, 11) is 1.87. The minimum Gasteiger partial charge on any atom is -0.351 e. The van der Waals surface area contributed by atoms with Crippen molar-refractivity contribution in [3.8, 4) is 0 Å². The van der Waals surface area contributed by atoms with E-state index in [1.54, 1.807) is 22.1 Å². The molecule has 35 heavy (non-hydrogen) atoms. The molecule has 0 bridgehead atoms. The van der Waals surface area contributed by atoms with Crippen LogP contribution in [0.5, 0.6) is 0 Å². The fourth-order valence-electron chi connectivity index (χ4n) is 4.94. The first-order valence-electron chi connectivity index (χ1n) is 12.1. The molecule has 2 atom stereocenters. The van der Waals surface area contributed by atoms with Gasteiger partial charge in [-0.05, 0) is 44.1 Å². The second kappa shape index (κ2) is 9.65. The van der Waals surface area contributed by atoms with Gasteiger partial charge in [-0.15, -0.1) is 11.3 Å². The third kappa shape index (κ3) is 4.60. The van der Waals surface area contributed by atoms with Gasteiger partial charge in [-0.25, -0.2) is 9.97 Å². The molecule has 5 heterocycles. The van der Waals surface area contributed by atoms with Crippen molar-refractivity contribution in [1.29, 1.82) is 0 Å². The number of imidazole rings is 1. The Kier molecular flexibility index (Phi) is 6.42. The van der Waals surface area contributed by atoms with Crippen LogP contribution in [0.4, 0.5) is 17.6 Å². The van der Waals surface area contributed by atoms with Gasteiger partial charge in [0.1, 0.15) is 0 Å². The minimum absolute atomic E-state index is 0.00590. The van der Waals surface area contributed by atoms with Crippen LogP contribution in [-0.2, 0) is 7.05 Å². The van der Waals surface area contributed by atoms with Crippen LogP contribution in [0.2, 0.25) is 0 Å². The molecule has 1 amide bonds. The van der Waals surface area contributed by atoms with E-state index in [1.807, 2.05) is 37.7 Å². The highest BCUT2D eigenvalue weighted by atomic mass is 32.1. The highest BCUT2D eigenvalue weighted by molar-refractivity contribution is 7.17. The van der Waals surface area contributed by atoms with Crippen molar-refractivity contribution in [2.45, 2.75) is 64.6 Å². The zero-order chi connectivity index (χ0) is 24.5. The van der Waals surface area contributed by atoms with Crippen LogP contribution in [-0.4, -0.2) is 58.6 Å². The highest BCUT2D eigenvalue weighted by Crippen LogP contribution is 2.32. The van der Waals surface area contributed by atoms with Gasteiger partial charge < -0.3 is 20.1 Å². The molecule has 0 aromatic carbocycles. The molecule has 5 rings (SSSR count). The number of likely N-dealkylation sites (tertiary alicyclic amines) is 1. The molecule has 0 spiro atoms. The number of rotatable bonds is 7. The van der Waals surface area contributed by atoms with Gasteiger partial charge in [-0.3, -0.25) is 9.89 Å². The molecule has 3 N–H and O–H groups in total. The number of aryl methyl sites for hydroxylation is 2. The lowest BCUT2D eigenvalue weighted by Crippen LogP contribution is -2.55. The third-order valence-corrected chi connectivity index (χ3v) is 7.59. The van der Waals surface area contributed by atoms with E-state index >= 15 is 0 Å². The number of aromatic nitrogens is 6. The number of nitrogens with one attached hydrogen (secondary N) is 3. The molecule has 1 aliphatic rings. The number of aromatic amines is 1. The zero-order valence-electron chi connectivity index (χ0n) is 20.4. The summed E-state index contributed by atoms with van der Waals surface area (Å²) in [4.78, 5) is 29.3. The Morgan fingerprint density at radius 2 is 2.00 bits per heavy atom. The molecular weight excluding hydrogens is 462 g/mol. The maximum Gasteiger partial charge on any atom is 0.290 e. The molecule has 4 aromatic rings. The van der Waals surface area contributed by atoms with Crippen LogP contribution in [0.15, 0.2) is 29.9 Å². The van der Waals surface area contributed by atoms with Gasteiger partial charge in [0, 0.05) is 49.3 Å². The van der Waals surface area contributed by atoms with Gasteiger partial charge in [0.25, 0.3) is 5.91 Å². The Bertz CT molecular complexity index is 1310. The number of H-pyrrole nitrogens is 1. The first-order valence-corrected chi connectivity index (χ1v) is 13.0. The molecule has 184 valence electrons. The standard InChI is InChI=1S/C24H31N9OS/c1-5-16-12-15(13-17(6-2)33(16)23(34)22-25-8-9-32(22)4)26-24-27-18-7-10-35-20(18)21(29-24)28-19-11-14(3)30-31-19/h7-11,15-17H,5-6,12-13H2,1-4H3,(H3,26,27,28,29,30,31). The van der Waals surface area contributed by atoms with Crippen molar-refractivity contribution in [2.75, 3.05) is 10.6 Å². The number of fused-ring (bicyclic) bond motifs is 1. The maximum absolute atomic E-state index is 13.4. The summed E-state index contributed by atoms with van der Waals surface area (Å²) in [6.45, 7) is 6.24. The first kappa shape index (κ1) is 23.3.